The zero-order chi connectivity index (χ0) is 14.8. The van der Waals surface area contributed by atoms with E-state index in [0.29, 0.717) is 10.7 Å². The molecular weight excluding hydrogens is 381 g/mol. The zero-order valence-electron chi connectivity index (χ0n) is 10.2. The smallest absolute Gasteiger partial charge is 0.258 e. The summed E-state index contributed by atoms with van der Waals surface area (Å²) in [7, 11) is 0. The van der Waals surface area contributed by atoms with Crippen molar-refractivity contribution >= 4 is 50.8 Å². The van der Waals surface area contributed by atoms with Crippen LogP contribution in [0, 0.1) is 0 Å². The molecule has 0 radical (unpaired) electrons. The topological polar surface area (TPSA) is 81.4 Å². The van der Waals surface area contributed by atoms with Crippen LogP contribution in [0.15, 0.2) is 35.3 Å². The van der Waals surface area contributed by atoms with Crippen molar-refractivity contribution in [1.29, 1.82) is 0 Å². The van der Waals surface area contributed by atoms with Crippen LogP contribution in [0.4, 0.5) is 11.6 Å². The first kappa shape index (κ1) is 14.2. The molecule has 0 aliphatic rings. The minimum atomic E-state index is 0.0381. The summed E-state index contributed by atoms with van der Waals surface area (Å²) in [5.41, 5.74) is 0.703. The van der Waals surface area contributed by atoms with Gasteiger partial charge in [-0.2, -0.15) is 24.7 Å². The zero-order valence-corrected chi connectivity index (χ0v) is 13.3. The summed E-state index contributed by atoms with van der Waals surface area (Å²) in [6, 6.07) is 5.31. The molecule has 2 aromatic heterocycles. The van der Waals surface area contributed by atoms with E-state index in [9.17, 15) is 0 Å². The molecule has 0 spiro atoms. The second-order valence-electron chi connectivity index (χ2n) is 3.82. The van der Waals surface area contributed by atoms with Gasteiger partial charge in [0.05, 0.1) is 5.69 Å². The Kier molecular flexibility index (Phi) is 4.00. The maximum atomic E-state index is 5.96. The van der Waals surface area contributed by atoms with Crippen molar-refractivity contribution in [3.05, 3.63) is 45.6 Å². The molecule has 0 saturated carbocycles. The van der Waals surface area contributed by atoms with Gasteiger partial charge in [0.15, 0.2) is 0 Å². The van der Waals surface area contributed by atoms with Crippen LogP contribution in [0.5, 0.6) is 0 Å². The fraction of sp³-hybridized carbons (Fsp3) is 0. The van der Waals surface area contributed by atoms with E-state index in [0.717, 1.165) is 4.47 Å². The molecule has 106 valence electrons. The first-order valence-corrected chi connectivity index (χ1v) is 7.15. The Labute approximate surface area is 137 Å². The molecule has 3 aromatic rings. The van der Waals surface area contributed by atoms with Gasteiger partial charge in [-0.25, -0.2) is 4.98 Å². The highest BCUT2D eigenvalue weighted by atomic mass is 79.9. The number of benzene rings is 1. The molecule has 21 heavy (non-hydrogen) atoms. The normalized spacial score (nSPS) is 10.6. The van der Waals surface area contributed by atoms with Crippen LogP contribution in [-0.2, 0) is 0 Å². The lowest BCUT2D eigenvalue weighted by Gasteiger charge is -2.08. The molecule has 0 atom stereocenters. The maximum absolute atomic E-state index is 5.96. The quantitative estimate of drug-likeness (QED) is 0.743. The van der Waals surface area contributed by atoms with E-state index in [1.807, 2.05) is 6.07 Å². The van der Waals surface area contributed by atoms with E-state index in [1.165, 1.54) is 17.3 Å². The molecule has 0 fully saturated rings. The summed E-state index contributed by atoms with van der Waals surface area (Å²) in [5.74, 6) is 0.525. The van der Waals surface area contributed by atoms with E-state index < -0.39 is 0 Å². The molecule has 0 bridgehead atoms. The van der Waals surface area contributed by atoms with Crippen molar-refractivity contribution < 1.29 is 0 Å². The number of hydrogen-bond donors (Lipinski definition) is 1. The summed E-state index contributed by atoms with van der Waals surface area (Å²) in [6.07, 6.45) is 2.84. The van der Waals surface area contributed by atoms with E-state index in [1.54, 1.807) is 12.1 Å². The second kappa shape index (κ2) is 5.92. The lowest BCUT2D eigenvalue weighted by atomic mass is 10.3. The summed E-state index contributed by atoms with van der Waals surface area (Å²) in [6.45, 7) is 0. The average molecular weight is 387 g/mol. The summed E-state index contributed by atoms with van der Waals surface area (Å²) in [4.78, 5) is 16.1. The minimum Gasteiger partial charge on any atom is -0.323 e. The Balaban J connectivity index is 1.97. The van der Waals surface area contributed by atoms with Gasteiger partial charge in [-0.3, -0.25) is 0 Å². The molecule has 0 aliphatic heterocycles. The Bertz CT molecular complexity index is 778. The summed E-state index contributed by atoms with van der Waals surface area (Å²) < 4.78 is 2.19. The number of nitrogens with zero attached hydrogens (tertiary/aromatic N) is 6. The number of hydrogen-bond acceptors (Lipinski definition) is 6. The van der Waals surface area contributed by atoms with Crippen LogP contribution in [0.1, 0.15) is 0 Å². The van der Waals surface area contributed by atoms with Crippen molar-refractivity contribution in [1.82, 2.24) is 29.7 Å². The Morgan fingerprint density at radius 2 is 2.00 bits per heavy atom. The van der Waals surface area contributed by atoms with Crippen LogP contribution in [0.2, 0.25) is 10.3 Å². The van der Waals surface area contributed by atoms with Gasteiger partial charge in [0.25, 0.3) is 5.95 Å². The first-order valence-electron chi connectivity index (χ1n) is 5.60. The molecule has 0 saturated heterocycles. The SMILES string of the molecule is Clc1ccc(Br)c(Nc2nc(Cl)nc(-n3cncn3)n2)c1. The number of anilines is 2. The van der Waals surface area contributed by atoms with Crippen LogP contribution >= 0.6 is 39.1 Å². The molecule has 10 heteroatoms. The fourth-order valence-electron chi connectivity index (χ4n) is 1.52. The third-order valence-electron chi connectivity index (χ3n) is 2.39. The third kappa shape index (κ3) is 3.29. The monoisotopic (exact) mass is 385 g/mol. The molecule has 2 heterocycles. The third-order valence-corrected chi connectivity index (χ3v) is 3.49. The van der Waals surface area contributed by atoms with Gasteiger partial charge in [0.1, 0.15) is 12.7 Å². The minimum absolute atomic E-state index is 0.0381. The van der Waals surface area contributed by atoms with Gasteiger partial charge in [-0.05, 0) is 45.7 Å². The van der Waals surface area contributed by atoms with Gasteiger partial charge in [0.2, 0.25) is 11.2 Å². The van der Waals surface area contributed by atoms with Crippen molar-refractivity contribution in [2.24, 2.45) is 0 Å². The molecule has 0 aliphatic carbocycles. The van der Waals surface area contributed by atoms with Crippen molar-refractivity contribution in [3.8, 4) is 5.95 Å². The second-order valence-corrected chi connectivity index (χ2v) is 5.45. The molecule has 0 amide bonds. The molecular formula is C11H6BrCl2N7. The molecule has 0 unspecified atom stereocenters. The van der Waals surface area contributed by atoms with E-state index in [4.69, 9.17) is 23.2 Å². The van der Waals surface area contributed by atoms with Crippen molar-refractivity contribution in [2.45, 2.75) is 0 Å². The van der Waals surface area contributed by atoms with E-state index in [-0.39, 0.29) is 17.2 Å². The summed E-state index contributed by atoms with van der Waals surface area (Å²) in [5, 5.41) is 7.58. The van der Waals surface area contributed by atoms with Crippen LogP contribution < -0.4 is 5.32 Å². The van der Waals surface area contributed by atoms with Gasteiger partial charge in [0, 0.05) is 9.50 Å². The standard InChI is InChI=1S/C11H6BrCl2N7/c12-7-2-1-6(13)3-8(7)17-10-18-9(14)19-11(20-10)21-5-15-4-16-21/h1-5H,(H,17,18,19,20). The lowest BCUT2D eigenvalue weighted by Crippen LogP contribution is -2.07. The van der Waals surface area contributed by atoms with Gasteiger partial charge in [-0.1, -0.05) is 11.6 Å². The Hall–Kier alpha value is -1.77. The van der Waals surface area contributed by atoms with E-state index in [2.05, 4.69) is 46.3 Å². The maximum Gasteiger partial charge on any atom is 0.258 e. The summed E-state index contributed by atoms with van der Waals surface area (Å²) >= 11 is 15.3. The Morgan fingerprint density at radius 3 is 2.76 bits per heavy atom. The fourth-order valence-corrected chi connectivity index (χ4v) is 2.20. The average Bonchev–Trinajstić information content (AvgIpc) is 2.96. The number of nitrogens with one attached hydrogen (secondary N) is 1. The molecule has 7 nitrogen and oxygen atoms in total. The predicted molar refractivity (Wildman–Crippen MR) is 82.2 cm³/mol. The highest BCUT2D eigenvalue weighted by Gasteiger charge is 2.09. The number of halogens is 3. The van der Waals surface area contributed by atoms with Crippen LogP contribution in [0.3, 0.4) is 0 Å². The highest BCUT2D eigenvalue weighted by Crippen LogP contribution is 2.28. The molecule has 1 N–H and O–H groups in total. The van der Waals surface area contributed by atoms with Crippen LogP contribution in [0.25, 0.3) is 5.95 Å². The molecule has 1 aromatic carbocycles. The van der Waals surface area contributed by atoms with Crippen LogP contribution in [-0.4, -0.2) is 29.7 Å². The van der Waals surface area contributed by atoms with Gasteiger partial charge >= 0.3 is 0 Å². The van der Waals surface area contributed by atoms with Crippen molar-refractivity contribution in [3.63, 3.8) is 0 Å². The Morgan fingerprint density at radius 1 is 1.14 bits per heavy atom. The van der Waals surface area contributed by atoms with Gasteiger partial charge < -0.3 is 5.32 Å². The lowest BCUT2D eigenvalue weighted by molar-refractivity contribution is 0.796. The van der Waals surface area contributed by atoms with Crippen molar-refractivity contribution in [2.75, 3.05) is 5.32 Å². The largest absolute Gasteiger partial charge is 0.323 e. The highest BCUT2D eigenvalue weighted by molar-refractivity contribution is 9.10. The number of aromatic nitrogens is 6. The van der Waals surface area contributed by atoms with E-state index >= 15 is 0 Å². The molecule has 3 rings (SSSR count). The predicted octanol–water partition coefficient (Wildman–Crippen LogP) is 3.27. The number of rotatable bonds is 3. The van der Waals surface area contributed by atoms with Gasteiger partial charge in [-0.15, -0.1) is 0 Å². The first-order chi connectivity index (χ1) is 10.1.